The number of ketones is 1. The molecule has 1 N–H and O–H groups in total. The first kappa shape index (κ1) is 15.1. The van der Waals surface area contributed by atoms with E-state index >= 15 is 0 Å². The van der Waals surface area contributed by atoms with Crippen LogP contribution in [0.1, 0.15) is 6.92 Å². The van der Waals surface area contributed by atoms with Gasteiger partial charge in [-0.2, -0.15) is 0 Å². The van der Waals surface area contributed by atoms with Crippen molar-refractivity contribution in [2.45, 2.75) is 17.2 Å². The van der Waals surface area contributed by atoms with E-state index in [0.29, 0.717) is 5.57 Å². The first-order valence-corrected chi connectivity index (χ1v) is 7.97. The molecule has 4 nitrogen and oxygen atoms in total. The lowest BCUT2D eigenvalue weighted by Gasteiger charge is -2.20. The van der Waals surface area contributed by atoms with E-state index in [1.54, 1.807) is 25.1 Å². The lowest BCUT2D eigenvalue weighted by molar-refractivity contribution is -0.113. The van der Waals surface area contributed by atoms with Crippen molar-refractivity contribution in [3.63, 3.8) is 0 Å². The number of hydrogen-bond donors (Lipinski definition) is 1. The van der Waals surface area contributed by atoms with Gasteiger partial charge in [0.05, 0.1) is 15.6 Å². The summed E-state index contributed by atoms with van der Waals surface area (Å²) in [5.41, 5.74) is 0.575. The molecule has 1 aromatic carbocycles. The third-order valence-corrected chi connectivity index (χ3v) is 5.07. The van der Waals surface area contributed by atoms with Crippen LogP contribution in [0.3, 0.4) is 0 Å². The number of halogens is 2. The smallest absolute Gasteiger partial charge is 0.261 e. The second-order valence-corrected chi connectivity index (χ2v) is 6.76. The van der Waals surface area contributed by atoms with Crippen molar-refractivity contribution >= 4 is 39.0 Å². The van der Waals surface area contributed by atoms with Crippen LogP contribution < -0.4 is 4.72 Å². The summed E-state index contributed by atoms with van der Waals surface area (Å²) in [6, 6.07) is 7.86. The Kier molecular flexibility index (Phi) is 4.22. The summed E-state index contributed by atoms with van der Waals surface area (Å²) in [5, 5.41) is -1.08. The quantitative estimate of drug-likeness (QED) is 0.866. The molecular weight excluding hydrogens is 321 g/mol. The molecule has 0 saturated carbocycles. The van der Waals surface area contributed by atoms with E-state index in [2.05, 4.69) is 4.72 Å². The van der Waals surface area contributed by atoms with Crippen molar-refractivity contribution in [1.82, 2.24) is 4.72 Å². The number of carbonyl (C=O) groups excluding carboxylic acids is 1. The Labute approximate surface area is 127 Å². The lowest BCUT2D eigenvalue weighted by Crippen LogP contribution is -2.30. The van der Waals surface area contributed by atoms with Gasteiger partial charge in [0.1, 0.15) is 5.38 Å². The lowest BCUT2D eigenvalue weighted by atomic mass is 10.0. The third-order valence-electron chi connectivity index (χ3n) is 2.75. The van der Waals surface area contributed by atoms with E-state index in [0.717, 1.165) is 0 Å². The maximum Gasteiger partial charge on any atom is 0.261 e. The summed E-state index contributed by atoms with van der Waals surface area (Å²) in [6.45, 7) is 1.59. The number of nitrogens with one attached hydrogen (secondary N) is 1. The van der Waals surface area contributed by atoms with Gasteiger partial charge in [-0.3, -0.25) is 9.52 Å². The standard InChI is InChI=1S/C13H11Cl2NO3S/c1-8-7-10(17)11(14)12(15)13(8)16-20(18,19)9-5-3-2-4-6-9/h2-7,11,16H,1H3/t11-/m0/s1. The molecular formula is C13H11Cl2NO3S. The number of carbonyl (C=O) groups is 1. The van der Waals surface area contributed by atoms with Crippen LogP contribution in [0.25, 0.3) is 0 Å². The second-order valence-electron chi connectivity index (χ2n) is 4.23. The fourth-order valence-electron chi connectivity index (χ4n) is 1.72. The SMILES string of the molecule is CC1=CC(=O)[C@H](Cl)C(Cl)=C1NS(=O)(=O)c1ccccc1. The molecule has 20 heavy (non-hydrogen) atoms. The van der Waals surface area contributed by atoms with Gasteiger partial charge in [-0.25, -0.2) is 8.42 Å². The highest BCUT2D eigenvalue weighted by atomic mass is 35.5. The Morgan fingerprint density at radius 3 is 2.40 bits per heavy atom. The molecule has 0 aliphatic heterocycles. The van der Waals surface area contributed by atoms with E-state index in [9.17, 15) is 13.2 Å². The zero-order valence-electron chi connectivity index (χ0n) is 10.4. The zero-order chi connectivity index (χ0) is 14.9. The maximum atomic E-state index is 12.2. The van der Waals surface area contributed by atoms with Gasteiger partial charge in [-0.05, 0) is 30.7 Å². The first-order chi connectivity index (χ1) is 9.33. The van der Waals surface area contributed by atoms with Crippen LogP contribution in [0.5, 0.6) is 0 Å². The summed E-state index contributed by atoms with van der Waals surface area (Å²) >= 11 is 11.8. The van der Waals surface area contributed by atoms with Crippen LogP contribution in [0.4, 0.5) is 0 Å². The Morgan fingerprint density at radius 1 is 1.20 bits per heavy atom. The summed E-state index contributed by atoms with van der Waals surface area (Å²) in [4.78, 5) is 11.6. The molecule has 1 aromatic rings. The van der Waals surface area contributed by atoms with Gasteiger partial charge in [-0.15, -0.1) is 11.6 Å². The molecule has 0 fully saturated rings. The topological polar surface area (TPSA) is 63.2 Å². The molecule has 106 valence electrons. The molecule has 0 bridgehead atoms. The average Bonchev–Trinajstić information content (AvgIpc) is 2.42. The second kappa shape index (κ2) is 5.60. The van der Waals surface area contributed by atoms with Crippen LogP contribution in [0, 0.1) is 0 Å². The van der Waals surface area contributed by atoms with Crippen LogP contribution in [0.2, 0.25) is 0 Å². The van der Waals surface area contributed by atoms with E-state index in [-0.39, 0.29) is 21.4 Å². The van der Waals surface area contributed by atoms with Crippen molar-refractivity contribution < 1.29 is 13.2 Å². The highest BCUT2D eigenvalue weighted by Gasteiger charge is 2.29. The number of alkyl halides is 1. The molecule has 0 amide bonds. The summed E-state index contributed by atoms with van der Waals surface area (Å²) in [6.07, 6.45) is 1.27. The Balaban J connectivity index is 2.40. The fourth-order valence-corrected chi connectivity index (χ4v) is 3.43. The predicted molar refractivity (Wildman–Crippen MR) is 78.0 cm³/mol. The van der Waals surface area contributed by atoms with E-state index in [4.69, 9.17) is 23.2 Å². The van der Waals surface area contributed by atoms with E-state index in [1.165, 1.54) is 18.2 Å². The highest BCUT2D eigenvalue weighted by molar-refractivity contribution is 7.89. The van der Waals surface area contributed by atoms with Crippen LogP contribution >= 0.6 is 23.2 Å². The van der Waals surface area contributed by atoms with Crippen molar-refractivity contribution in [3.05, 3.63) is 52.7 Å². The molecule has 1 atom stereocenters. The number of allylic oxidation sites excluding steroid dienone is 3. The van der Waals surface area contributed by atoms with Crippen molar-refractivity contribution in [1.29, 1.82) is 0 Å². The Hall–Kier alpha value is -1.30. The predicted octanol–water partition coefficient (Wildman–Crippen LogP) is 2.55. The van der Waals surface area contributed by atoms with E-state index in [1.807, 2.05) is 0 Å². The van der Waals surface area contributed by atoms with Gasteiger partial charge in [0.25, 0.3) is 10.0 Å². The third kappa shape index (κ3) is 2.90. The van der Waals surface area contributed by atoms with Gasteiger partial charge >= 0.3 is 0 Å². The number of benzene rings is 1. The molecule has 0 spiro atoms. The Bertz CT molecular complexity index is 708. The van der Waals surface area contributed by atoms with Crippen LogP contribution in [-0.2, 0) is 14.8 Å². The molecule has 7 heteroatoms. The molecule has 0 heterocycles. The minimum atomic E-state index is -3.77. The molecule has 0 aromatic heterocycles. The summed E-state index contributed by atoms with van der Waals surface area (Å²) < 4.78 is 26.8. The monoisotopic (exact) mass is 331 g/mol. The van der Waals surface area contributed by atoms with E-state index < -0.39 is 15.4 Å². The maximum absolute atomic E-state index is 12.2. The normalized spacial score (nSPS) is 19.9. The minimum Gasteiger partial charge on any atom is -0.293 e. The summed E-state index contributed by atoms with van der Waals surface area (Å²) in [7, 11) is -3.77. The molecule has 0 unspecified atom stereocenters. The molecule has 1 aliphatic carbocycles. The van der Waals surface area contributed by atoms with Crippen molar-refractivity contribution in [2.75, 3.05) is 0 Å². The number of rotatable bonds is 3. The zero-order valence-corrected chi connectivity index (χ0v) is 12.8. The van der Waals surface area contributed by atoms with Gasteiger partial charge in [0, 0.05) is 0 Å². The minimum absolute atomic E-state index is 0.0174. The van der Waals surface area contributed by atoms with Crippen LogP contribution in [-0.4, -0.2) is 19.6 Å². The largest absolute Gasteiger partial charge is 0.293 e. The highest BCUT2D eigenvalue weighted by Crippen LogP contribution is 2.29. The first-order valence-electron chi connectivity index (χ1n) is 5.67. The molecule has 0 saturated heterocycles. The molecule has 2 rings (SSSR count). The molecule has 1 aliphatic rings. The van der Waals surface area contributed by atoms with Gasteiger partial charge in [-0.1, -0.05) is 29.8 Å². The average molecular weight is 332 g/mol. The van der Waals surface area contributed by atoms with Gasteiger partial charge < -0.3 is 0 Å². The molecule has 0 radical (unpaired) electrons. The van der Waals surface area contributed by atoms with Crippen molar-refractivity contribution in [2.24, 2.45) is 0 Å². The van der Waals surface area contributed by atoms with Gasteiger partial charge in [0.15, 0.2) is 5.78 Å². The van der Waals surface area contributed by atoms with Crippen molar-refractivity contribution in [3.8, 4) is 0 Å². The number of sulfonamides is 1. The summed E-state index contributed by atoms with van der Waals surface area (Å²) in [5.74, 6) is -0.364. The van der Waals surface area contributed by atoms with Gasteiger partial charge in [0.2, 0.25) is 0 Å². The fraction of sp³-hybridized carbons (Fsp3) is 0.154. The Morgan fingerprint density at radius 2 is 1.80 bits per heavy atom. The number of hydrogen-bond acceptors (Lipinski definition) is 3. The van der Waals surface area contributed by atoms with Crippen LogP contribution in [0.15, 0.2) is 57.6 Å².